The molecule has 0 saturated carbocycles. The highest BCUT2D eigenvalue weighted by Crippen LogP contribution is 2.39. The van der Waals surface area contributed by atoms with Crippen molar-refractivity contribution in [2.45, 2.75) is 25.7 Å². The van der Waals surface area contributed by atoms with Crippen LogP contribution in [0.4, 0.5) is 4.79 Å². The Kier molecular flexibility index (Phi) is 6.28. The van der Waals surface area contributed by atoms with Gasteiger partial charge in [0.1, 0.15) is 11.6 Å². The molecule has 1 aromatic rings. The molecule has 1 spiro atoms. The second kappa shape index (κ2) is 9.26. The molecular weight excluding hydrogens is 380 g/mol. The fraction of sp³-hybridized carbons (Fsp3) is 0.435. The van der Waals surface area contributed by atoms with E-state index in [1.807, 2.05) is 35.3 Å². The number of hydrogen-bond acceptors (Lipinski definition) is 5. The summed E-state index contributed by atoms with van der Waals surface area (Å²) in [7, 11) is 1.64. The molecule has 0 unspecified atom stereocenters. The number of aromatic nitrogens is 1. The number of urea groups is 1. The number of nitrogens with one attached hydrogen (secondary N) is 1. The molecule has 4 heterocycles. The maximum atomic E-state index is 12.9. The van der Waals surface area contributed by atoms with Gasteiger partial charge >= 0.3 is 6.03 Å². The first-order chi connectivity index (χ1) is 14.7. The van der Waals surface area contributed by atoms with Crippen molar-refractivity contribution in [2.24, 2.45) is 10.4 Å². The zero-order valence-corrected chi connectivity index (χ0v) is 17.3. The van der Waals surface area contributed by atoms with Gasteiger partial charge in [-0.15, -0.1) is 0 Å². The fourth-order valence-electron chi connectivity index (χ4n) is 4.15. The lowest BCUT2D eigenvalue weighted by atomic mass is 9.80. The summed E-state index contributed by atoms with van der Waals surface area (Å²) >= 11 is 0. The summed E-state index contributed by atoms with van der Waals surface area (Å²) in [4.78, 5) is 23.5. The number of rotatable bonds is 2. The molecular formula is C23H28N4O3. The molecule has 3 aliphatic heterocycles. The Balaban J connectivity index is 1.50. The van der Waals surface area contributed by atoms with Gasteiger partial charge in [0.05, 0.1) is 7.11 Å². The minimum Gasteiger partial charge on any atom is -0.497 e. The summed E-state index contributed by atoms with van der Waals surface area (Å²) in [6.07, 6.45) is 14.6. The monoisotopic (exact) mass is 408 g/mol. The first kappa shape index (κ1) is 20.3. The Hall–Kier alpha value is -2.93. The summed E-state index contributed by atoms with van der Waals surface area (Å²) in [5, 5.41) is 3.02. The predicted molar refractivity (Wildman–Crippen MR) is 116 cm³/mol. The topological polar surface area (TPSA) is 76.0 Å². The quantitative estimate of drug-likeness (QED) is 0.812. The summed E-state index contributed by atoms with van der Waals surface area (Å²) in [5.74, 6) is 1.32. The van der Waals surface area contributed by atoms with Crippen LogP contribution in [0.3, 0.4) is 0 Å². The van der Waals surface area contributed by atoms with Gasteiger partial charge in [-0.05, 0) is 60.6 Å². The fourth-order valence-corrected chi connectivity index (χ4v) is 4.15. The van der Waals surface area contributed by atoms with E-state index in [4.69, 9.17) is 9.47 Å². The number of ether oxygens (including phenoxy) is 2. The molecule has 2 amide bonds. The number of carbonyl (C=O) groups excluding carboxylic acids is 1. The van der Waals surface area contributed by atoms with Gasteiger partial charge < -0.3 is 14.4 Å². The standard InChI is InChI=1S/C23H28N4O3/c1-29-20-3-2-19(18-6-11-24-12-7-18)16-25-21(5-4-20)26-22(28)27-13-8-23(17-27)9-14-30-15-10-23/h2-4,6-7,11-12,16H,5,8-10,13-15,17H2,1H3,(H,25,26,28)/b3-2?,19-16+,20-4?. The average Bonchev–Trinajstić information content (AvgIpc) is 3.22. The van der Waals surface area contributed by atoms with Crippen LogP contribution in [0.1, 0.15) is 31.2 Å². The SMILES string of the molecule is COC1=CCC(NC(=O)N2CCC3(CCOCC3)C2)=N/C=C(/c2ccncc2)C=C1. The number of methoxy groups -OCH3 is 1. The van der Waals surface area contributed by atoms with Crippen molar-refractivity contribution in [3.8, 4) is 0 Å². The highest BCUT2D eigenvalue weighted by molar-refractivity contribution is 5.99. The maximum absolute atomic E-state index is 12.9. The molecule has 0 bridgehead atoms. The highest BCUT2D eigenvalue weighted by Gasteiger charge is 2.41. The summed E-state index contributed by atoms with van der Waals surface area (Å²) < 4.78 is 10.9. The zero-order valence-electron chi connectivity index (χ0n) is 17.3. The first-order valence-corrected chi connectivity index (χ1v) is 10.4. The van der Waals surface area contributed by atoms with Crippen LogP contribution in [0.2, 0.25) is 0 Å². The van der Waals surface area contributed by atoms with Crippen molar-refractivity contribution in [3.63, 3.8) is 0 Å². The Labute approximate surface area is 177 Å². The molecule has 2 saturated heterocycles. The number of amidine groups is 1. The Morgan fingerprint density at radius 3 is 2.77 bits per heavy atom. The number of likely N-dealkylation sites (tertiary alicyclic amines) is 1. The smallest absolute Gasteiger partial charge is 0.322 e. The van der Waals surface area contributed by atoms with Crippen molar-refractivity contribution < 1.29 is 14.3 Å². The third-order valence-electron chi connectivity index (χ3n) is 6.06. The van der Waals surface area contributed by atoms with Gasteiger partial charge in [-0.3, -0.25) is 10.3 Å². The van der Waals surface area contributed by atoms with E-state index in [1.54, 1.807) is 25.7 Å². The molecule has 7 heteroatoms. The Bertz CT molecular complexity index is 883. The molecule has 4 rings (SSSR count). The summed E-state index contributed by atoms with van der Waals surface area (Å²) in [6, 6.07) is 3.76. The van der Waals surface area contributed by atoms with Gasteiger partial charge in [0.15, 0.2) is 0 Å². The molecule has 0 aromatic carbocycles. The van der Waals surface area contributed by atoms with Crippen molar-refractivity contribution in [2.75, 3.05) is 33.4 Å². The van der Waals surface area contributed by atoms with E-state index < -0.39 is 0 Å². The van der Waals surface area contributed by atoms with Crippen molar-refractivity contribution in [3.05, 3.63) is 60.3 Å². The van der Waals surface area contributed by atoms with Gasteiger partial charge in [0.25, 0.3) is 0 Å². The van der Waals surface area contributed by atoms with E-state index in [2.05, 4.69) is 15.3 Å². The lowest BCUT2D eigenvalue weighted by molar-refractivity contribution is 0.0209. The Morgan fingerprint density at radius 1 is 1.20 bits per heavy atom. The van der Waals surface area contributed by atoms with E-state index in [-0.39, 0.29) is 11.4 Å². The molecule has 0 aliphatic carbocycles. The number of allylic oxidation sites excluding steroid dienone is 3. The molecule has 1 aromatic heterocycles. The predicted octanol–water partition coefficient (Wildman–Crippen LogP) is 3.52. The van der Waals surface area contributed by atoms with Crippen LogP contribution in [0.5, 0.6) is 0 Å². The van der Waals surface area contributed by atoms with Gasteiger partial charge in [-0.2, -0.15) is 0 Å². The Morgan fingerprint density at radius 2 is 2.00 bits per heavy atom. The number of carbonyl (C=O) groups is 1. The normalized spacial score (nSPS) is 22.8. The van der Waals surface area contributed by atoms with Crippen LogP contribution in [-0.2, 0) is 9.47 Å². The molecule has 3 aliphatic rings. The van der Waals surface area contributed by atoms with Gasteiger partial charge in [-0.1, -0.05) is 0 Å². The lowest BCUT2D eigenvalue weighted by Gasteiger charge is -2.33. The number of nitrogens with zero attached hydrogens (tertiary/aromatic N) is 3. The molecule has 1 N–H and O–H groups in total. The van der Waals surface area contributed by atoms with E-state index in [9.17, 15) is 4.79 Å². The van der Waals surface area contributed by atoms with E-state index in [0.29, 0.717) is 12.3 Å². The van der Waals surface area contributed by atoms with Crippen LogP contribution in [-0.4, -0.2) is 55.2 Å². The second-order valence-corrected chi connectivity index (χ2v) is 7.96. The van der Waals surface area contributed by atoms with Gasteiger partial charge in [-0.25, -0.2) is 9.79 Å². The lowest BCUT2D eigenvalue weighted by Crippen LogP contribution is -2.43. The van der Waals surface area contributed by atoms with Gasteiger partial charge in [0, 0.05) is 56.9 Å². The maximum Gasteiger partial charge on any atom is 0.322 e. The third-order valence-corrected chi connectivity index (χ3v) is 6.06. The zero-order chi connectivity index (χ0) is 20.8. The molecule has 0 radical (unpaired) electrons. The van der Waals surface area contributed by atoms with Gasteiger partial charge in [0.2, 0.25) is 0 Å². The molecule has 0 atom stereocenters. The first-order valence-electron chi connectivity index (χ1n) is 10.4. The van der Waals surface area contributed by atoms with Crippen molar-refractivity contribution in [1.29, 1.82) is 0 Å². The van der Waals surface area contributed by atoms with Crippen LogP contribution >= 0.6 is 0 Å². The van der Waals surface area contributed by atoms with Crippen molar-refractivity contribution in [1.82, 2.24) is 15.2 Å². The third kappa shape index (κ3) is 4.79. The van der Waals surface area contributed by atoms with E-state index in [0.717, 1.165) is 62.5 Å². The number of aliphatic imine (C=N–C) groups is 1. The number of amides is 2. The molecule has 30 heavy (non-hydrogen) atoms. The molecule has 7 nitrogen and oxygen atoms in total. The summed E-state index contributed by atoms with van der Waals surface area (Å²) in [5.41, 5.74) is 2.13. The van der Waals surface area contributed by atoms with Crippen LogP contribution < -0.4 is 5.32 Å². The van der Waals surface area contributed by atoms with Crippen LogP contribution in [0.25, 0.3) is 5.57 Å². The van der Waals surface area contributed by atoms with E-state index >= 15 is 0 Å². The highest BCUT2D eigenvalue weighted by atomic mass is 16.5. The minimum atomic E-state index is -0.0875. The summed E-state index contributed by atoms with van der Waals surface area (Å²) in [6.45, 7) is 3.15. The molecule has 158 valence electrons. The number of hydrogen-bond donors (Lipinski definition) is 1. The average molecular weight is 409 g/mol. The minimum absolute atomic E-state index is 0.0875. The molecule has 2 fully saturated rings. The number of pyridine rings is 1. The second-order valence-electron chi connectivity index (χ2n) is 7.96. The van der Waals surface area contributed by atoms with Crippen molar-refractivity contribution >= 4 is 17.4 Å². The van der Waals surface area contributed by atoms with E-state index in [1.165, 1.54) is 0 Å². The largest absolute Gasteiger partial charge is 0.497 e. The van der Waals surface area contributed by atoms with Crippen LogP contribution in [0.15, 0.2) is 59.7 Å². The van der Waals surface area contributed by atoms with Crippen LogP contribution in [0, 0.1) is 5.41 Å².